The topological polar surface area (TPSA) is 44.1 Å². The number of nitrogens with zero attached hydrogens (tertiary/aromatic N) is 2. The Balaban J connectivity index is 2.45. The SMILES string of the molecule is CCOC(=O)Cn1nc2c(c1C(F)(F)F)C(C)CC2C. The molecule has 0 amide bonds. The number of hydrogen-bond acceptors (Lipinski definition) is 3. The van der Waals surface area contributed by atoms with E-state index in [9.17, 15) is 18.0 Å². The Morgan fingerprint density at radius 2 is 2.05 bits per heavy atom. The molecule has 0 N–H and O–H groups in total. The van der Waals surface area contributed by atoms with Crippen molar-refractivity contribution in [3.63, 3.8) is 0 Å². The first-order chi connectivity index (χ1) is 9.25. The van der Waals surface area contributed by atoms with Crippen LogP contribution in [0.2, 0.25) is 0 Å². The van der Waals surface area contributed by atoms with Gasteiger partial charge in [-0.3, -0.25) is 4.79 Å². The van der Waals surface area contributed by atoms with Crippen LogP contribution in [0.15, 0.2) is 0 Å². The summed E-state index contributed by atoms with van der Waals surface area (Å²) in [4.78, 5) is 11.4. The van der Waals surface area contributed by atoms with Crippen LogP contribution in [0, 0.1) is 0 Å². The number of carbonyl (C=O) groups is 1. The summed E-state index contributed by atoms with van der Waals surface area (Å²) in [7, 11) is 0. The highest BCUT2D eigenvalue weighted by atomic mass is 19.4. The van der Waals surface area contributed by atoms with Crippen molar-refractivity contribution in [2.24, 2.45) is 0 Å². The minimum atomic E-state index is -4.52. The Hall–Kier alpha value is -1.53. The molecule has 0 bridgehead atoms. The summed E-state index contributed by atoms with van der Waals surface area (Å²) >= 11 is 0. The lowest BCUT2D eigenvalue weighted by Crippen LogP contribution is -2.22. The van der Waals surface area contributed by atoms with E-state index >= 15 is 0 Å². The van der Waals surface area contributed by atoms with Crippen molar-refractivity contribution in [1.82, 2.24) is 9.78 Å². The van der Waals surface area contributed by atoms with Crippen LogP contribution in [-0.2, 0) is 22.3 Å². The molecule has 1 aliphatic rings. The molecule has 0 spiro atoms. The molecule has 112 valence electrons. The van der Waals surface area contributed by atoms with Crippen LogP contribution in [-0.4, -0.2) is 22.4 Å². The maximum atomic E-state index is 13.3. The van der Waals surface area contributed by atoms with Crippen molar-refractivity contribution in [1.29, 1.82) is 0 Å². The van der Waals surface area contributed by atoms with Crippen molar-refractivity contribution < 1.29 is 22.7 Å². The molecule has 1 heterocycles. The van der Waals surface area contributed by atoms with Gasteiger partial charge in [0.05, 0.1) is 12.3 Å². The Morgan fingerprint density at radius 1 is 1.40 bits per heavy atom. The van der Waals surface area contributed by atoms with E-state index in [4.69, 9.17) is 4.74 Å². The molecule has 2 atom stereocenters. The molecule has 1 aliphatic carbocycles. The van der Waals surface area contributed by atoms with Gasteiger partial charge in [0.25, 0.3) is 0 Å². The molecule has 0 saturated carbocycles. The Bertz CT molecular complexity index is 522. The fraction of sp³-hybridized carbons (Fsp3) is 0.692. The number of alkyl halides is 3. The summed E-state index contributed by atoms with van der Waals surface area (Å²) in [5, 5.41) is 4.01. The summed E-state index contributed by atoms with van der Waals surface area (Å²) in [5.41, 5.74) is -0.124. The molecule has 20 heavy (non-hydrogen) atoms. The van der Waals surface area contributed by atoms with E-state index in [-0.39, 0.29) is 24.0 Å². The van der Waals surface area contributed by atoms with Gasteiger partial charge in [0, 0.05) is 11.5 Å². The first kappa shape index (κ1) is 14.9. The molecule has 0 aliphatic heterocycles. The van der Waals surface area contributed by atoms with Crippen molar-refractivity contribution >= 4 is 5.97 Å². The van der Waals surface area contributed by atoms with Gasteiger partial charge in [-0.15, -0.1) is 0 Å². The van der Waals surface area contributed by atoms with Crippen molar-refractivity contribution in [2.75, 3.05) is 6.61 Å². The van der Waals surface area contributed by atoms with Gasteiger partial charge in [-0.25, -0.2) is 4.68 Å². The van der Waals surface area contributed by atoms with E-state index in [1.807, 2.05) is 6.92 Å². The maximum absolute atomic E-state index is 13.3. The van der Waals surface area contributed by atoms with Gasteiger partial charge in [0.2, 0.25) is 0 Å². The molecule has 2 unspecified atom stereocenters. The summed E-state index contributed by atoms with van der Waals surface area (Å²) in [5.74, 6) is -0.934. The minimum Gasteiger partial charge on any atom is -0.465 e. The second kappa shape index (κ2) is 5.10. The number of fused-ring (bicyclic) bond motifs is 1. The second-order valence-electron chi connectivity index (χ2n) is 5.15. The van der Waals surface area contributed by atoms with Crippen LogP contribution in [0.5, 0.6) is 0 Å². The van der Waals surface area contributed by atoms with Gasteiger partial charge < -0.3 is 4.74 Å². The molecule has 2 rings (SSSR count). The van der Waals surface area contributed by atoms with Crippen LogP contribution in [0.25, 0.3) is 0 Å². The number of carbonyl (C=O) groups excluding carboxylic acids is 1. The highest BCUT2D eigenvalue weighted by Gasteiger charge is 2.44. The summed E-state index contributed by atoms with van der Waals surface area (Å²) in [6, 6.07) is 0. The minimum absolute atomic E-state index is 0.0236. The van der Waals surface area contributed by atoms with Gasteiger partial charge in [0.1, 0.15) is 12.2 Å². The number of ether oxygens (including phenoxy) is 1. The third-order valence-electron chi connectivity index (χ3n) is 3.54. The molecule has 4 nitrogen and oxygen atoms in total. The number of hydrogen-bond donors (Lipinski definition) is 0. The van der Waals surface area contributed by atoms with E-state index < -0.39 is 24.4 Å². The fourth-order valence-corrected chi connectivity index (χ4v) is 2.85. The lowest BCUT2D eigenvalue weighted by Gasteiger charge is -2.14. The lowest BCUT2D eigenvalue weighted by atomic mass is 10.0. The Morgan fingerprint density at radius 3 is 2.60 bits per heavy atom. The molecular weight excluding hydrogens is 273 g/mol. The summed E-state index contributed by atoms with van der Waals surface area (Å²) < 4.78 is 45.2. The fourth-order valence-electron chi connectivity index (χ4n) is 2.85. The quantitative estimate of drug-likeness (QED) is 0.804. The molecule has 1 aromatic rings. The first-order valence-electron chi connectivity index (χ1n) is 6.59. The second-order valence-corrected chi connectivity index (χ2v) is 5.15. The molecule has 7 heteroatoms. The van der Waals surface area contributed by atoms with Crippen LogP contribution >= 0.6 is 0 Å². The number of aromatic nitrogens is 2. The zero-order valence-corrected chi connectivity index (χ0v) is 11.6. The highest BCUT2D eigenvalue weighted by Crippen LogP contribution is 2.46. The summed E-state index contributed by atoms with van der Waals surface area (Å²) in [6.07, 6.45) is -3.87. The molecular formula is C13H17F3N2O2. The van der Waals surface area contributed by atoms with E-state index in [0.717, 1.165) is 4.68 Å². The third kappa shape index (κ3) is 2.53. The largest absolute Gasteiger partial charge is 0.465 e. The molecule has 0 aromatic carbocycles. The van der Waals surface area contributed by atoms with Crippen molar-refractivity contribution in [3.05, 3.63) is 17.0 Å². The van der Waals surface area contributed by atoms with Gasteiger partial charge in [-0.2, -0.15) is 18.3 Å². The van der Waals surface area contributed by atoms with Gasteiger partial charge in [0.15, 0.2) is 0 Å². The van der Waals surface area contributed by atoms with Gasteiger partial charge >= 0.3 is 12.1 Å². The van der Waals surface area contributed by atoms with E-state index in [0.29, 0.717) is 12.1 Å². The Labute approximate surface area is 114 Å². The van der Waals surface area contributed by atoms with Crippen molar-refractivity contribution in [2.45, 2.75) is 51.7 Å². The Kier molecular flexibility index (Phi) is 3.80. The standard InChI is InChI=1S/C13H17F3N2O2/c1-4-20-9(19)6-18-12(13(14,15)16)10-7(2)5-8(3)11(10)17-18/h7-8H,4-6H2,1-3H3. The monoisotopic (exact) mass is 290 g/mol. The average Bonchev–Trinajstić information content (AvgIpc) is 2.78. The van der Waals surface area contributed by atoms with Crippen molar-refractivity contribution in [3.8, 4) is 0 Å². The average molecular weight is 290 g/mol. The number of esters is 1. The van der Waals surface area contributed by atoms with Gasteiger partial charge in [-0.1, -0.05) is 13.8 Å². The highest BCUT2D eigenvalue weighted by molar-refractivity contribution is 5.69. The predicted molar refractivity (Wildman–Crippen MR) is 65.3 cm³/mol. The van der Waals surface area contributed by atoms with Crippen LogP contribution in [0.1, 0.15) is 56.0 Å². The van der Waals surface area contributed by atoms with Crippen LogP contribution in [0.4, 0.5) is 13.2 Å². The third-order valence-corrected chi connectivity index (χ3v) is 3.54. The van der Waals surface area contributed by atoms with E-state index in [1.54, 1.807) is 13.8 Å². The predicted octanol–water partition coefficient (Wildman–Crippen LogP) is 3.08. The van der Waals surface area contributed by atoms with Crippen LogP contribution < -0.4 is 0 Å². The molecule has 0 fully saturated rings. The number of halogens is 3. The lowest BCUT2D eigenvalue weighted by molar-refractivity contribution is -0.149. The maximum Gasteiger partial charge on any atom is 0.433 e. The molecule has 0 saturated heterocycles. The summed E-state index contributed by atoms with van der Waals surface area (Å²) in [6.45, 7) is 4.84. The normalized spacial score (nSPS) is 21.9. The number of rotatable bonds is 3. The van der Waals surface area contributed by atoms with E-state index in [1.165, 1.54) is 0 Å². The molecule has 1 aromatic heterocycles. The zero-order valence-electron chi connectivity index (χ0n) is 11.6. The van der Waals surface area contributed by atoms with Crippen LogP contribution in [0.3, 0.4) is 0 Å². The zero-order chi connectivity index (χ0) is 15.1. The molecule has 0 radical (unpaired) electrons. The van der Waals surface area contributed by atoms with Gasteiger partial charge in [-0.05, 0) is 19.3 Å². The first-order valence-corrected chi connectivity index (χ1v) is 6.59. The van der Waals surface area contributed by atoms with E-state index in [2.05, 4.69) is 5.10 Å². The smallest absolute Gasteiger partial charge is 0.433 e.